The predicted molar refractivity (Wildman–Crippen MR) is 110 cm³/mol. The van der Waals surface area contributed by atoms with E-state index < -0.39 is 5.92 Å². The van der Waals surface area contributed by atoms with Crippen LogP contribution in [-0.2, 0) is 4.79 Å². The molecule has 0 fully saturated rings. The molecule has 28 heavy (non-hydrogen) atoms. The lowest BCUT2D eigenvalue weighted by Gasteiger charge is -2.33. The van der Waals surface area contributed by atoms with Gasteiger partial charge in [0.1, 0.15) is 11.6 Å². The highest BCUT2D eigenvalue weighted by molar-refractivity contribution is 7.99. The maximum absolute atomic E-state index is 13.1. The van der Waals surface area contributed by atoms with Crippen LogP contribution in [0.2, 0.25) is 0 Å². The molecule has 1 aromatic carbocycles. The van der Waals surface area contributed by atoms with E-state index in [9.17, 15) is 9.59 Å². The highest BCUT2D eigenvalue weighted by atomic mass is 32.2. The van der Waals surface area contributed by atoms with Gasteiger partial charge in [-0.15, -0.1) is 6.58 Å². The summed E-state index contributed by atoms with van der Waals surface area (Å²) in [4.78, 5) is 33.4. The predicted octanol–water partition coefficient (Wildman–Crippen LogP) is 3.62. The number of Topliss-reactive ketones (excluding diaryl/α,β-unsaturated/α-hetero) is 1. The van der Waals surface area contributed by atoms with Crippen LogP contribution in [0.5, 0.6) is 5.75 Å². The minimum Gasteiger partial charge on any atom is -0.496 e. The number of carbonyl (C=O) groups is 1. The molecule has 0 saturated carbocycles. The molecule has 1 aliphatic heterocycles. The number of anilines is 1. The second kappa shape index (κ2) is 7.67. The summed E-state index contributed by atoms with van der Waals surface area (Å²) in [5.74, 6) is 1.38. The number of H-pyrrole nitrogens is 1. The number of thioether (sulfide) groups is 1. The van der Waals surface area contributed by atoms with E-state index in [4.69, 9.17) is 4.74 Å². The summed E-state index contributed by atoms with van der Waals surface area (Å²) in [6.07, 6.45) is 3.80. The molecule has 4 rings (SSSR count). The van der Waals surface area contributed by atoms with Crippen molar-refractivity contribution in [2.45, 2.75) is 30.3 Å². The largest absolute Gasteiger partial charge is 0.496 e. The number of carbonyl (C=O) groups excluding carboxylic acids is 1. The number of methoxy groups -OCH3 is 1. The van der Waals surface area contributed by atoms with E-state index in [0.717, 1.165) is 24.1 Å². The Balaban J connectivity index is 1.94. The molecule has 0 spiro atoms. The van der Waals surface area contributed by atoms with Crippen molar-refractivity contribution >= 4 is 23.4 Å². The molecular formula is C21H21N3O3S. The first-order chi connectivity index (χ1) is 13.6. The van der Waals surface area contributed by atoms with E-state index in [-0.39, 0.29) is 11.3 Å². The van der Waals surface area contributed by atoms with E-state index >= 15 is 0 Å². The van der Waals surface area contributed by atoms with Crippen molar-refractivity contribution in [1.82, 2.24) is 9.97 Å². The van der Waals surface area contributed by atoms with Gasteiger partial charge in [0.2, 0.25) is 0 Å². The lowest BCUT2D eigenvalue weighted by atomic mass is 9.76. The molecule has 0 saturated heterocycles. The van der Waals surface area contributed by atoms with Crippen LogP contribution in [-0.4, -0.2) is 28.6 Å². The second-order valence-corrected chi connectivity index (χ2v) is 7.71. The van der Waals surface area contributed by atoms with Crippen LogP contribution in [0.4, 0.5) is 5.82 Å². The first kappa shape index (κ1) is 18.6. The number of hydrogen-bond acceptors (Lipinski definition) is 6. The molecule has 2 aromatic rings. The van der Waals surface area contributed by atoms with Crippen molar-refractivity contribution in [2.75, 3.05) is 18.2 Å². The van der Waals surface area contributed by atoms with E-state index in [1.165, 1.54) is 11.8 Å². The molecule has 2 aliphatic rings. The van der Waals surface area contributed by atoms with E-state index in [2.05, 4.69) is 21.9 Å². The van der Waals surface area contributed by atoms with Crippen molar-refractivity contribution in [1.29, 1.82) is 0 Å². The van der Waals surface area contributed by atoms with Gasteiger partial charge in [0.05, 0.1) is 18.6 Å². The Morgan fingerprint density at radius 3 is 2.93 bits per heavy atom. The van der Waals surface area contributed by atoms with Crippen LogP contribution >= 0.6 is 11.8 Å². The lowest BCUT2D eigenvalue weighted by molar-refractivity contribution is -0.116. The summed E-state index contributed by atoms with van der Waals surface area (Å²) in [7, 11) is 1.59. The van der Waals surface area contributed by atoms with Crippen molar-refractivity contribution < 1.29 is 9.53 Å². The van der Waals surface area contributed by atoms with Crippen LogP contribution < -0.4 is 15.6 Å². The Hall–Kier alpha value is -2.80. The van der Waals surface area contributed by atoms with Gasteiger partial charge in [-0.2, -0.15) is 0 Å². The van der Waals surface area contributed by atoms with Crippen LogP contribution in [0.25, 0.3) is 0 Å². The molecule has 2 heterocycles. The average molecular weight is 395 g/mol. The Kier molecular flexibility index (Phi) is 5.09. The third-order valence-corrected chi connectivity index (χ3v) is 5.89. The molecule has 0 amide bonds. The van der Waals surface area contributed by atoms with Gasteiger partial charge in [-0.25, -0.2) is 4.98 Å². The number of ether oxygens (including phenoxy) is 1. The maximum atomic E-state index is 13.1. The number of nitrogens with zero attached hydrogens (tertiary/aromatic N) is 1. The number of nitrogens with one attached hydrogen (secondary N) is 2. The fourth-order valence-corrected chi connectivity index (χ4v) is 4.46. The molecule has 0 unspecified atom stereocenters. The number of hydrogen-bond donors (Lipinski definition) is 2. The number of para-hydroxylation sites is 1. The quantitative estimate of drug-likeness (QED) is 0.457. The fraction of sp³-hybridized carbons (Fsp3) is 0.286. The number of aromatic nitrogens is 2. The number of benzene rings is 1. The SMILES string of the molecule is C=CCSc1nc2c(c(=O)[nH]1)[C@@H](c1ccccc1OC)C1=C(CCCC1=O)N2. The zero-order chi connectivity index (χ0) is 19.7. The van der Waals surface area contributed by atoms with Gasteiger partial charge >= 0.3 is 0 Å². The van der Waals surface area contributed by atoms with Gasteiger partial charge < -0.3 is 15.0 Å². The third-order valence-electron chi connectivity index (χ3n) is 5.02. The van der Waals surface area contributed by atoms with Gasteiger partial charge in [-0.05, 0) is 18.9 Å². The van der Waals surface area contributed by atoms with Crippen LogP contribution in [0.1, 0.15) is 36.3 Å². The van der Waals surface area contributed by atoms with Gasteiger partial charge in [-0.3, -0.25) is 9.59 Å². The fourth-order valence-electron chi connectivity index (χ4n) is 3.86. The highest BCUT2D eigenvalue weighted by Crippen LogP contribution is 2.45. The van der Waals surface area contributed by atoms with Crippen molar-refractivity contribution in [3.8, 4) is 5.75 Å². The molecular weight excluding hydrogens is 374 g/mol. The minimum absolute atomic E-state index is 0.0693. The molecule has 0 bridgehead atoms. The summed E-state index contributed by atoms with van der Waals surface area (Å²) < 4.78 is 5.54. The monoisotopic (exact) mass is 395 g/mol. The average Bonchev–Trinajstić information content (AvgIpc) is 2.71. The second-order valence-electron chi connectivity index (χ2n) is 6.70. The maximum Gasteiger partial charge on any atom is 0.257 e. The topological polar surface area (TPSA) is 84.1 Å². The molecule has 1 aromatic heterocycles. The Morgan fingerprint density at radius 1 is 1.32 bits per heavy atom. The van der Waals surface area contributed by atoms with E-state index in [0.29, 0.717) is 40.0 Å². The molecule has 7 heteroatoms. The van der Waals surface area contributed by atoms with Gasteiger partial charge in [-0.1, -0.05) is 36.0 Å². The molecule has 144 valence electrons. The van der Waals surface area contributed by atoms with Gasteiger partial charge in [0.25, 0.3) is 5.56 Å². The minimum atomic E-state index is -0.495. The van der Waals surface area contributed by atoms with Crippen LogP contribution in [0, 0.1) is 0 Å². The molecule has 1 atom stereocenters. The first-order valence-electron chi connectivity index (χ1n) is 9.18. The normalized spacial score (nSPS) is 18.2. The standard InChI is InChI=1S/C21H21N3O3S/c1-3-11-28-21-23-19-18(20(26)24-21)16(12-7-4-5-10-15(12)27-2)17-13(22-19)8-6-9-14(17)25/h3-5,7,10,16H,1,6,8-9,11H2,2H3,(H2,22,23,24,26)/t16-/m0/s1. The molecule has 0 radical (unpaired) electrons. The number of rotatable bonds is 5. The van der Waals surface area contributed by atoms with Crippen LogP contribution in [0.15, 0.2) is 58.1 Å². The van der Waals surface area contributed by atoms with Gasteiger partial charge in [0, 0.05) is 29.0 Å². The smallest absolute Gasteiger partial charge is 0.257 e. The molecule has 2 N–H and O–H groups in total. The van der Waals surface area contributed by atoms with Crippen molar-refractivity contribution in [3.63, 3.8) is 0 Å². The first-order valence-corrected chi connectivity index (χ1v) is 10.2. The number of fused-ring (bicyclic) bond motifs is 1. The summed E-state index contributed by atoms with van der Waals surface area (Å²) in [5, 5.41) is 3.80. The van der Waals surface area contributed by atoms with Crippen molar-refractivity contribution in [2.24, 2.45) is 0 Å². The zero-order valence-corrected chi connectivity index (χ0v) is 16.4. The third kappa shape index (κ3) is 3.16. The highest BCUT2D eigenvalue weighted by Gasteiger charge is 2.38. The molecule has 6 nitrogen and oxygen atoms in total. The molecule has 1 aliphatic carbocycles. The van der Waals surface area contributed by atoms with Crippen LogP contribution in [0.3, 0.4) is 0 Å². The van der Waals surface area contributed by atoms with Crippen molar-refractivity contribution in [3.05, 3.63) is 69.7 Å². The summed E-state index contributed by atoms with van der Waals surface area (Å²) in [6, 6.07) is 7.52. The lowest BCUT2D eigenvalue weighted by Crippen LogP contribution is -2.32. The summed E-state index contributed by atoms with van der Waals surface area (Å²) in [6.45, 7) is 3.70. The Labute approximate surface area is 167 Å². The Morgan fingerprint density at radius 2 is 2.14 bits per heavy atom. The Bertz CT molecular complexity index is 1040. The van der Waals surface area contributed by atoms with E-state index in [1.807, 2.05) is 24.3 Å². The number of allylic oxidation sites excluding steroid dienone is 2. The van der Waals surface area contributed by atoms with Gasteiger partial charge in [0.15, 0.2) is 10.9 Å². The number of aromatic amines is 1. The zero-order valence-electron chi connectivity index (χ0n) is 15.6. The number of ketones is 1. The summed E-state index contributed by atoms with van der Waals surface area (Å²) >= 11 is 1.41. The van der Waals surface area contributed by atoms with E-state index in [1.54, 1.807) is 13.2 Å². The summed E-state index contributed by atoms with van der Waals surface area (Å²) in [5.41, 5.74) is 2.53.